The van der Waals surface area contributed by atoms with Crippen LogP contribution in [0.3, 0.4) is 0 Å². The molecule has 0 saturated heterocycles. The van der Waals surface area contributed by atoms with E-state index in [0.29, 0.717) is 17.9 Å². The minimum absolute atomic E-state index is 0.0158. The van der Waals surface area contributed by atoms with Crippen LogP contribution < -0.4 is 9.47 Å². The van der Waals surface area contributed by atoms with Crippen LogP contribution in [0.5, 0.6) is 11.5 Å². The van der Waals surface area contributed by atoms with Gasteiger partial charge in [0.2, 0.25) is 0 Å². The van der Waals surface area contributed by atoms with Crippen LogP contribution in [0.4, 0.5) is 0 Å². The first-order valence-electron chi connectivity index (χ1n) is 7.76. The molecule has 1 heterocycles. The van der Waals surface area contributed by atoms with Gasteiger partial charge in [-0.05, 0) is 30.5 Å². The third-order valence-electron chi connectivity index (χ3n) is 4.46. The fourth-order valence-corrected chi connectivity index (χ4v) is 3.13. The third-order valence-corrected chi connectivity index (χ3v) is 4.46. The molecule has 0 aromatic heterocycles. The van der Waals surface area contributed by atoms with Crippen molar-refractivity contribution in [2.24, 2.45) is 0 Å². The van der Waals surface area contributed by atoms with Crippen molar-refractivity contribution in [1.29, 1.82) is 0 Å². The van der Waals surface area contributed by atoms with Crippen LogP contribution in [0.2, 0.25) is 0 Å². The van der Waals surface area contributed by atoms with Gasteiger partial charge in [-0.2, -0.15) is 0 Å². The van der Waals surface area contributed by atoms with Crippen LogP contribution in [-0.4, -0.2) is 31.6 Å². The molecule has 3 rings (SSSR count). The predicted molar refractivity (Wildman–Crippen MR) is 89.1 cm³/mol. The molecular weight excluding hydrogens is 290 g/mol. The van der Waals surface area contributed by atoms with Gasteiger partial charge >= 0.3 is 0 Å². The second-order valence-corrected chi connectivity index (χ2v) is 5.70. The molecule has 0 fully saturated rings. The Hall–Kier alpha value is -2.49. The summed E-state index contributed by atoms with van der Waals surface area (Å²) in [6.45, 7) is 2.76. The molecule has 0 bridgehead atoms. The first-order chi connectivity index (χ1) is 11.2. The summed E-state index contributed by atoms with van der Waals surface area (Å²) in [7, 11) is 3.21. The minimum Gasteiger partial charge on any atom is -0.497 e. The van der Waals surface area contributed by atoms with Crippen molar-refractivity contribution in [3.8, 4) is 11.5 Å². The summed E-state index contributed by atoms with van der Waals surface area (Å²) in [5.41, 5.74) is 2.78. The zero-order chi connectivity index (χ0) is 16.4. The molecule has 1 unspecified atom stereocenters. The number of carbonyl (C=O) groups excluding carboxylic acids is 1. The zero-order valence-corrected chi connectivity index (χ0v) is 13.7. The molecule has 0 saturated carbocycles. The summed E-state index contributed by atoms with van der Waals surface area (Å²) in [5, 5.41) is 0. The SMILES string of the molecule is COc1cc2c(c(OC)c1)C(=O)N(C(C)c1ccccc1)CC2. The molecule has 0 aliphatic carbocycles. The lowest BCUT2D eigenvalue weighted by Crippen LogP contribution is -2.39. The highest BCUT2D eigenvalue weighted by Gasteiger charge is 2.31. The van der Waals surface area contributed by atoms with Crippen molar-refractivity contribution in [2.75, 3.05) is 20.8 Å². The maximum Gasteiger partial charge on any atom is 0.258 e. The molecule has 1 amide bonds. The second kappa shape index (κ2) is 6.32. The number of nitrogens with zero attached hydrogens (tertiary/aromatic N) is 1. The van der Waals surface area contributed by atoms with Crippen LogP contribution in [0.15, 0.2) is 42.5 Å². The van der Waals surface area contributed by atoms with E-state index in [9.17, 15) is 4.79 Å². The van der Waals surface area contributed by atoms with Crippen molar-refractivity contribution < 1.29 is 14.3 Å². The number of hydrogen-bond donors (Lipinski definition) is 0. The van der Waals surface area contributed by atoms with Crippen LogP contribution in [0.1, 0.15) is 34.5 Å². The summed E-state index contributed by atoms with van der Waals surface area (Å²) in [6, 6.07) is 13.8. The van der Waals surface area contributed by atoms with Gasteiger partial charge in [-0.25, -0.2) is 0 Å². The van der Waals surface area contributed by atoms with E-state index < -0.39 is 0 Å². The molecule has 2 aromatic rings. The van der Waals surface area contributed by atoms with Crippen molar-refractivity contribution in [2.45, 2.75) is 19.4 Å². The normalized spacial score (nSPS) is 15.1. The van der Waals surface area contributed by atoms with E-state index in [1.807, 2.05) is 29.2 Å². The molecule has 0 spiro atoms. The molecular formula is C19H21NO3. The van der Waals surface area contributed by atoms with E-state index in [4.69, 9.17) is 9.47 Å². The number of amides is 1. The first-order valence-corrected chi connectivity index (χ1v) is 7.76. The molecule has 1 aliphatic heterocycles. The Morgan fingerprint density at radius 3 is 2.48 bits per heavy atom. The first kappa shape index (κ1) is 15.4. The molecule has 1 atom stereocenters. The molecule has 23 heavy (non-hydrogen) atoms. The Bertz CT molecular complexity index is 695. The standard InChI is InChI=1S/C19H21NO3/c1-13(14-7-5-4-6-8-14)20-10-9-15-11-16(22-2)12-17(23-3)18(15)19(20)21/h4-8,11-13H,9-10H2,1-3H3. The van der Waals surface area contributed by atoms with Gasteiger partial charge in [-0.1, -0.05) is 30.3 Å². The Kier molecular flexibility index (Phi) is 4.24. The van der Waals surface area contributed by atoms with Gasteiger partial charge in [0, 0.05) is 12.6 Å². The van der Waals surface area contributed by atoms with E-state index in [1.165, 1.54) is 0 Å². The number of rotatable bonds is 4. The van der Waals surface area contributed by atoms with Crippen LogP contribution in [0, 0.1) is 0 Å². The molecule has 4 nitrogen and oxygen atoms in total. The Balaban J connectivity index is 1.97. The summed E-state index contributed by atoms with van der Waals surface area (Å²) in [4.78, 5) is 14.9. The average Bonchev–Trinajstić information content (AvgIpc) is 2.61. The average molecular weight is 311 g/mol. The Labute approximate surface area is 136 Å². The van der Waals surface area contributed by atoms with Gasteiger partial charge in [0.1, 0.15) is 11.5 Å². The van der Waals surface area contributed by atoms with Gasteiger partial charge in [-0.3, -0.25) is 4.79 Å². The lowest BCUT2D eigenvalue weighted by atomic mass is 9.95. The fraction of sp³-hybridized carbons (Fsp3) is 0.316. The van der Waals surface area contributed by atoms with Gasteiger partial charge in [-0.15, -0.1) is 0 Å². The molecule has 0 N–H and O–H groups in total. The highest BCUT2D eigenvalue weighted by Crippen LogP contribution is 2.35. The molecule has 1 aliphatic rings. The third kappa shape index (κ3) is 2.77. The lowest BCUT2D eigenvalue weighted by Gasteiger charge is -2.34. The number of benzene rings is 2. The summed E-state index contributed by atoms with van der Waals surface area (Å²) >= 11 is 0. The van der Waals surface area contributed by atoms with Gasteiger partial charge < -0.3 is 14.4 Å². The van der Waals surface area contributed by atoms with Crippen LogP contribution >= 0.6 is 0 Å². The zero-order valence-electron chi connectivity index (χ0n) is 13.7. The van der Waals surface area contributed by atoms with E-state index in [2.05, 4.69) is 19.1 Å². The molecule has 2 aromatic carbocycles. The van der Waals surface area contributed by atoms with E-state index in [-0.39, 0.29) is 11.9 Å². The monoisotopic (exact) mass is 311 g/mol. The number of carbonyl (C=O) groups is 1. The van der Waals surface area contributed by atoms with Crippen LogP contribution in [-0.2, 0) is 6.42 Å². The smallest absolute Gasteiger partial charge is 0.258 e. The van der Waals surface area contributed by atoms with Crippen LogP contribution in [0.25, 0.3) is 0 Å². The molecule has 120 valence electrons. The number of methoxy groups -OCH3 is 2. The quantitative estimate of drug-likeness (QED) is 0.868. The molecule has 0 radical (unpaired) electrons. The highest BCUT2D eigenvalue weighted by molar-refractivity contribution is 6.00. The number of hydrogen-bond acceptors (Lipinski definition) is 3. The maximum atomic E-state index is 13.0. The van der Waals surface area contributed by atoms with E-state index in [0.717, 1.165) is 23.3 Å². The van der Waals surface area contributed by atoms with Crippen molar-refractivity contribution in [1.82, 2.24) is 4.90 Å². The summed E-state index contributed by atoms with van der Waals surface area (Å²) in [5.74, 6) is 1.31. The van der Waals surface area contributed by atoms with Crippen molar-refractivity contribution >= 4 is 5.91 Å². The number of fused-ring (bicyclic) bond motifs is 1. The Morgan fingerprint density at radius 1 is 1.09 bits per heavy atom. The van der Waals surface area contributed by atoms with E-state index in [1.54, 1.807) is 20.3 Å². The summed E-state index contributed by atoms with van der Waals surface area (Å²) in [6.07, 6.45) is 0.797. The number of ether oxygens (including phenoxy) is 2. The molecule has 4 heteroatoms. The largest absolute Gasteiger partial charge is 0.497 e. The lowest BCUT2D eigenvalue weighted by molar-refractivity contribution is 0.0668. The minimum atomic E-state index is 0.0158. The Morgan fingerprint density at radius 2 is 1.83 bits per heavy atom. The predicted octanol–water partition coefficient (Wildman–Crippen LogP) is 3.46. The maximum absolute atomic E-state index is 13.0. The van der Waals surface area contributed by atoms with Gasteiger partial charge in [0.25, 0.3) is 5.91 Å². The summed E-state index contributed by atoms with van der Waals surface area (Å²) < 4.78 is 10.7. The van der Waals surface area contributed by atoms with Crippen molar-refractivity contribution in [3.63, 3.8) is 0 Å². The van der Waals surface area contributed by atoms with Crippen molar-refractivity contribution in [3.05, 3.63) is 59.2 Å². The topological polar surface area (TPSA) is 38.8 Å². The van der Waals surface area contributed by atoms with Gasteiger partial charge in [0.15, 0.2) is 0 Å². The highest BCUT2D eigenvalue weighted by atomic mass is 16.5. The fourth-order valence-electron chi connectivity index (χ4n) is 3.13. The van der Waals surface area contributed by atoms with Gasteiger partial charge in [0.05, 0.1) is 25.8 Å². The second-order valence-electron chi connectivity index (χ2n) is 5.70. The van der Waals surface area contributed by atoms with E-state index >= 15 is 0 Å².